The quantitative estimate of drug-likeness (QED) is 0.279. The Morgan fingerprint density at radius 3 is 1.70 bits per heavy atom. The number of phenolic OH excluding ortho intramolecular Hbond substituents is 1. The Hall–Kier alpha value is -2.83. The van der Waals surface area contributed by atoms with Gasteiger partial charge in [0.2, 0.25) is 0 Å². The number of hydrogen-bond donors (Lipinski definition) is 1. The summed E-state index contributed by atoms with van der Waals surface area (Å²) in [6.07, 6.45) is -10.0. The van der Waals surface area contributed by atoms with Gasteiger partial charge in [-0.05, 0) is 60.7 Å². The molecule has 3 aromatic carbocycles. The number of halogens is 5. The van der Waals surface area contributed by atoms with Crippen molar-refractivity contribution in [1.82, 2.24) is 0 Å². The van der Waals surface area contributed by atoms with Gasteiger partial charge >= 0.3 is 11.4 Å². The maximum atomic E-state index is 13.7. The third-order valence-corrected chi connectivity index (χ3v) is 7.41. The molecule has 0 aliphatic carbocycles. The summed E-state index contributed by atoms with van der Waals surface area (Å²) in [4.78, 5) is 2.16. The second-order valence-corrected chi connectivity index (χ2v) is 10.1. The van der Waals surface area contributed by atoms with E-state index in [4.69, 9.17) is 0 Å². The molecule has 12 heteroatoms. The van der Waals surface area contributed by atoms with Crippen LogP contribution in [0.2, 0.25) is 0 Å². The molecule has 0 aliphatic rings. The van der Waals surface area contributed by atoms with Crippen LogP contribution in [0.1, 0.15) is 0 Å². The van der Waals surface area contributed by atoms with Crippen molar-refractivity contribution in [2.45, 2.75) is 32.2 Å². The van der Waals surface area contributed by atoms with Gasteiger partial charge in [0.1, 0.15) is 11.5 Å². The highest BCUT2D eigenvalue weighted by molar-refractivity contribution is 7.97. The Bertz CT molecular complexity index is 1180. The number of hydrogen-bond acceptors (Lipinski definition) is 5. The number of benzene rings is 3. The first-order valence-corrected chi connectivity index (χ1v) is 11.7. The molecule has 5 nitrogen and oxygen atoms in total. The first-order valence-electron chi connectivity index (χ1n) is 9.06. The van der Waals surface area contributed by atoms with E-state index in [2.05, 4.69) is 4.74 Å². The van der Waals surface area contributed by atoms with E-state index in [0.717, 1.165) is 21.9 Å². The zero-order valence-corrected chi connectivity index (χ0v) is 18.0. The molecule has 0 fully saturated rings. The minimum absolute atomic E-state index is 0.0338. The maximum absolute atomic E-state index is 13.7. The largest absolute Gasteiger partial charge is 0.743 e. The molecule has 0 bridgehead atoms. The van der Waals surface area contributed by atoms with Gasteiger partial charge in [-0.2, -0.15) is 22.0 Å². The summed E-state index contributed by atoms with van der Waals surface area (Å²) in [5, 5.41) is 3.83. The molecule has 0 saturated carbocycles. The van der Waals surface area contributed by atoms with Gasteiger partial charge in [0.25, 0.3) is 6.10 Å². The summed E-state index contributed by atoms with van der Waals surface area (Å²) < 4.78 is 103. The van der Waals surface area contributed by atoms with Crippen LogP contribution >= 0.6 is 0 Å². The van der Waals surface area contributed by atoms with Crippen molar-refractivity contribution in [3.05, 3.63) is 78.9 Å². The van der Waals surface area contributed by atoms with Gasteiger partial charge in [0.05, 0.1) is 10.9 Å². The molecule has 3 aromatic rings. The average Bonchev–Trinajstić information content (AvgIpc) is 2.73. The van der Waals surface area contributed by atoms with Crippen molar-refractivity contribution >= 4 is 21.0 Å². The van der Waals surface area contributed by atoms with Gasteiger partial charge < -0.3 is 14.4 Å². The fourth-order valence-electron chi connectivity index (χ4n) is 2.79. The minimum atomic E-state index is -6.65. The summed E-state index contributed by atoms with van der Waals surface area (Å²) in [5.41, 5.74) is 0. The van der Waals surface area contributed by atoms with E-state index < -0.39 is 44.3 Å². The van der Waals surface area contributed by atoms with Crippen LogP contribution in [0.3, 0.4) is 0 Å². The fourth-order valence-corrected chi connectivity index (χ4v) is 5.30. The summed E-state index contributed by atoms with van der Waals surface area (Å²) >= 11 is 0. The Morgan fingerprint density at radius 1 is 0.788 bits per heavy atom. The van der Waals surface area contributed by atoms with Crippen LogP contribution < -0.4 is 4.74 Å². The van der Waals surface area contributed by atoms with Gasteiger partial charge in [-0.3, -0.25) is 0 Å². The highest BCUT2D eigenvalue weighted by Gasteiger charge is 2.62. The highest BCUT2D eigenvalue weighted by Crippen LogP contribution is 2.39. The van der Waals surface area contributed by atoms with E-state index >= 15 is 0 Å². The maximum Gasteiger partial charge on any atom is 0.432 e. The Balaban J connectivity index is 1.97. The Morgan fingerprint density at radius 2 is 1.24 bits per heavy atom. The van der Waals surface area contributed by atoms with E-state index in [9.17, 15) is 40.0 Å². The van der Waals surface area contributed by atoms with Crippen LogP contribution in [0.25, 0.3) is 0 Å². The monoisotopic (exact) mass is 506 g/mol. The van der Waals surface area contributed by atoms with Crippen LogP contribution in [0.15, 0.2) is 93.5 Å². The number of ether oxygens (including phenoxy) is 1. The van der Waals surface area contributed by atoms with Gasteiger partial charge in [-0.1, -0.05) is 18.2 Å². The van der Waals surface area contributed by atoms with Crippen molar-refractivity contribution in [2.24, 2.45) is 0 Å². The predicted molar refractivity (Wildman–Crippen MR) is 108 cm³/mol. The van der Waals surface area contributed by atoms with Crippen LogP contribution in [0, 0.1) is 0 Å². The van der Waals surface area contributed by atoms with E-state index in [1.807, 2.05) is 12.1 Å². The minimum Gasteiger partial charge on any atom is -0.743 e. The SMILES string of the molecule is O=S(=O)([O-])C(F)(F)C(Oc1ccc([S+](c2ccccc2)c2ccc(O)cc2)cc1)C(F)(F)F. The van der Waals surface area contributed by atoms with Crippen LogP contribution in [-0.2, 0) is 21.0 Å². The standard InChI is InChI=1S/C21H15F5O5S2/c22-20(23,24)19(21(25,26)33(28,29)30)31-15-8-12-18(13-9-15)32(16-4-2-1-3-5-16)17-10-6-14(27)7-11-17/h1-13,19H,(H-,27,28,29,30). The van der Waals surface area contributed by atoms with Crippen molar-refractivity contribution < 1.29 is 44.8 Å². The van der Waals surface area contributed by atoms with Gasteiger partial charge in [0, 0.05) is 0 Å². The summed E-state index contributed by atoms with van der Waals surface area (Å²) in [5.74, 6) is -0.668. The van der Waals surface area contributed by atoms with E-state index in [1.165, 1.54) is 24.3 Å². The third kappa shape index (κ3) is 5.57. The molecule has 1 N–H and O–H groups in total. The summed E-state index contributed by atoms with van der Waals surface area (Å²) in [6, 6.07) is 19.9. The zero-order chi connectivity index (χ0) is 24.4. The predicted octanol–water partition coefficient (Wildman–Crippen LogP) is 4.94. The second-order valence-electron chi connectivity index (χ2n) is 6.64. The molecular weight excluding hydrogens is 491 g/mol. The number of phenols is 1. The van der Waals surface area contributed by atoms with E-state index in [-0.39, 0.29) is 5.75 Å². The van der Waals surface area contributed by atoms with E-state index in [0.29, 0.717) is 4.90 Å². The molecule has 3 rings (SSSR count). The lowest BCUT2D eigenvalue weighted by Crippen LogP contribution is -2.53. The van der Waals surface area contributed by atoms with Crippen LogP contribution in [0.4, 0.5) is 22.0 Å². The van der Waals surface area contributed by atoms with Crippen molar-refractivity contribution in [3.8, 4) is 11.5 Å². The molecule has 0 aromatic heterocycles. The molecule has 0 heterocycles. The number of rotatable bonds is 7. The molecule has 33 heavy (non-hydrogen) atoms. The zero-order valence-electron chi connectivity index (χ0n) is 16.4. The van der Waals surface area contributed by atoms with Crippen molar-refractivity contribution in [3.63, 3.8) is 0 Å². The molecule has 0 aliphatic heterocycles. The molecule has 176 valence electrons. The normalized spacial score (nSPS) is 14.5. The lowest BCUT2D eigenvalue weighted by atomic mass is 10.3. The highest BCUT2D eigenvalue weighted by atomic mass is 32.2. The molecule has 2 atom stereocenters. The number of alkyl halides is 5. The molecule has 0 radical (unpaired) electrons. The van der Waals surface area contributed by atoms with E-state index in [1.54, 1.807) is 30.3 Å². The fraction of sp³-hybridized carbons (Fsp3) is 0.143. The van der Waals surface area contributed by atoms with Crippen LogP contribution in [-0.4, -0.2) is 35.6 Å². The van der Waals surface area contributed by atoms with Crippen LogP contribution in [0.5, 0.6) is 11.5 Å². The summed E-state index contributed by atoms with van der Waals surface area (Å²) in [6.45, 7) is 0. The lowest BCUT2D eigenvalue weighted by Gasteiger charge is -2.30. The first-order chi connectivity index (χ1) is 15.3. The number of aromatic hydroxyl groups is 1. The van der Waals surface area contributed by atoms with Crippen molar-refractivity contribution in [2.75, 3.05) is 0 Å². The lowest BCUT2D eigenvalue weighted by molar-refractivity contribution is -0.239. The average molecular weight is 506 g/mol. The molecular formula is C21H15F5O5S2. The third-order valence-electron chi connectivity index (χ3n) is 4.30. The topological polar surface area (TPSA) is 86.7 Å². The van der Waals surface area contributed by atoms with Gasteiger partial charge in [-0.15, -0.1) is 0 Å². The molecule has 2 unspecified atom stereocenters. The molecule has 0 spiro atoms. The second kappa shape index (κ2) is 9.20. The van der Waals surface area contributed by atoms with Gasteiger partial charge in [-0.25, -0.2) is 8.42 Å². The Kier molecular flexibility index (Phi) is 6.91. The van der Waals surface area contributed by atoms with Gasteiger partial charge in [0.15, 0.2) is 24.8 Å². The Labute approximate surface area is 188 Å². The smallest absolute Gasteiger partial charge is 0.432 e. The molecule has 0 amide bonds. The first kappa shape index (κ1) is 24.8. The summed E-state index contributed by atoms with van der Waals surface area (Å²) in [7, 11) is -7.42. The molecule has 0 saturated heterocycles. The van der Waals surface area contributed by atoms with Crippen molar-refractivity contribution in [1.29, 1.82) is 0 Å².